The molecular weight excluding hydrogens is 348 g/mol. The Morgan fingerprint density at radius 1 is 0.846 bits per heavy atom. The van der Waals surface area contributed by atoms with Gasteiger partial charge in [-0.15, -0.1) is 0 Å². The van der Waals surface area contributed by atoms with Gasteiger partial charge in [0.2, 0.25) is 0 Å². The Balaban J connectivity index is 1.57. The molecule has 2 heterocycles. The molecule has 26 heavy (non-hydrogen) atoms. The van der Waals surface area contributed by atoms with E-state index in [4.69, 9.17) is 0 Å². The van der Waals surface area contributed by atoms with Crippen molar-refractivity contribution in [3.8, 4) is 0 Å². The van der Waals surface area contributed by atoms with Crippen LogP contribution in [0.5, 0.6) is 0 Å². The smallest absolute Gasteiger partial charge is 0.314 e. The normalized spacial score (nSPS) is 19.5. The first-order valence-electron chi connectivity index (χ1n) is 9.08. The van der Waals surface area contributed by atoms with E-state index in [9.17, 15) is 8.42 Å². The van der Waals surface area contributed by atoms with Crippen LogP contribution in [0, 0.1) is 0 Å². The van der Waals surface area contributed by atoms with Crippen LogP contribution in [-0.2, 0) is 10.2 Å². The maximum Gasteiger partial charge on any atom is 0.330 e. The summed E-state index contributed by atoms with van der Waals surface area (Å²) in [6.07, 6.45) is 0.816. The van der Waals surface area contributed by atoms with E-state index < -0.39 is 10.2 Å². The Morgan fingerprint density at radius 2 is 1.50 bits per heavy atom. The van der Waals surface area contributed by atoms with E-state index in [1.54, 1.807) is 4.31 Å². The molecule has 0 spiro atoms. The van der Waals surface area contributed by atoms with Crippen LogP contribution in [0.25, 0.3) is 0 Å². The second kappa shape index (κ2) is 7.26. The van der Waals surface area contributed by atoms with E-state index in [0.29, 0.717) is 12.2 Å². The number of para-hydroxylation sites is 3. The molecule has 0 bridgehead atoms. The number of rotatable bonds is 5. The van der Waals surface area contributed by atoms with Crippen LogP contribution >= 0.6 is 0 Å². The van der Waals surface area contributed by atoms with Crippen molar-refractivity contribution in [1.29, 1.82) is 0 Å². The van der Waals surface area contributed by atoms with Crippen molar-refractivity contribution in [1.82, 2.24) is 10.2 Å². The standard InChI is InChI=1S/C19H24N4O2S/c24-26(25)22(14-6-13-21-15-11-20-12-16-21)18-9-4-5-10-19(18)23(26)17-7-2-1-3-8-17/h1-5,7-10,20H,6,11-16H2. The number of nitrogens with one attached hydrogen (secondary N) is 1. The minimum Gasteiger partial charge on any atom is -0.314 e. The fraction of sp³-hybridized carbons (Fsp3) is 0.368. The van der Waals surface area contributed by atoms with E-state index in [-0.39, 0.29) is 0 Å². The highest BCUT2D eigenvalue weighted by Gasteiger charge is 2.40. The van der Waals surface area contributed by atoms with Crippen LogP contribution in [0.4, 0.5) is 17.1 Å². The number of hydrogen-bond donors (Lipinski definition) is 1. The molecule has 7 heteroatoms. The lowest BCUT2D eigenvalue weighted by Gasteiger charge is -2.28. The summed E-state index contributed by atoms with van der Waals surface area (Å²) in [6.45, 7) is 5.48. The molecule has 2 aromatic rings. The third-order valence-electron chi connectivity index (χ3n) is 4.91. The van der Waals surface area contributed by atoms with Crippen LogP contribution in [-0.4, -0.2) is 52.6 Å². The van der Waals surface area contributed by atoms with Crippen molar-refractivity contribution in [2.45, 2.75) is 6.42 Å². The lowest BCUT2D eigenvalue weighted by Crippen LogP contribution is -2.44. The maximum atomic E-state index is 13.3. The monoisotopic (exact) mass is 372 g/mol. The second-order valence-corrected chi connectivity index (χ2v) is 8.32. The van der Waals surface area contributed by atoms with Crippen molar-refractivity contribution >= 4 is 27.3 Å². The third kappa shape index (κ3) is 3.18. The van der Waals surface area contributed by atoms with E-state index >= 15 is 0 Å². The van der Waals surface area contributed by atoms with E-state index in [1.807, 2.05) is 54.6 Å². The van der Waals surface area contributed by atoms with Gasteiger partial charge in [0.25, 0.3) is 0 Å². The molecule has 0 amide bonds. The van der Waals surface area contributed by atoms with Gasteiger partial charge in [0.15, 0.2) is 0 Å². The van der Waals surface area contributed by atoms with Crippen molar-refractivity contribution in [2.24, 2.45) is 0 Å². The van der Waals surface area contributed by atoms with Gasteiger partial charge in [-0.1, -0.05) is 30.3 Å². The van der Waals surface area contributed by atoms with Gasteiger partial charge in [-0.25, -0.2) is 4.31 Å². The number of benzene rings is 2. The van der Waals surface area contributed by atoms with Crippen LogP contribution in [0.3, 0.4) is 0 Å². The van der Waals surface area contributed by atoms with Crippen LogP contribution in [0.2, 0.25) is 0 Å². The SMILES string of the molecule is O=S1(=O)N(CCCN2CCNCC2)c2ccccc2N1c1ccccc1. The molecule has 6 nitrogen and oxygen atoms in total. The Bertz CT molecular complexity index is 851. The maximum absolute atomic E-state index is 13.3. The topological polar surface area (TPSA) is 55.9 Å². The molecule has 2 aliphatic rings. The van der Waals surface area contributed by atoms with Gasteiger partial charge in [-0.05, 0) is 37.2 Å². The molecule has 0 aromatic heterocycles. The first-order chi connectivity index (χ1) is 12.7. The van der Waals surface area contributed by atoms with E-state index in [1.165, 1.54) is 4.31 Å². The van der Waals surface area contributed by atoms with Crippen molar-refractivity contribution in [3.63, 3.8) is 0 Å². The van der Waals surface area contributed by atoms with Crippen molar-refractivity contribution < 1.29 is 8.42 Å². The van der Waals surface area contributed by atoms with Gasteiger partial charge in [0.1, 0.15) is 0 Å². The Morgan fingerprint density at radius 3 is 2.23 bits per heavy atom. The zero-order chi connectivity index (χ0) is 18.0. The number of nitrogens with zero attached hydrogens (tertiary/aromatic N) is 3. The summed E-state index contributed by atoms with van der Waals surface area (Å²) >= 11 is 0. The number of hydrogen-bond acceptors (Lipinski definition) is 4. The van der Waals surface area contributed by atoms with Gasteiger partial charge >= 0.3 is 10.2 Å². The lowest BCUT2D eigenvalue weighted by molar-refractivity contribution is 0.240. The quantitative estimate of drug-likeness (QED) is 0.874. The number of anilines is 3. The van der Waals surface area contributed by atoms with Gasteiger partial charge < -0.3 is 10.2 Å². The molecule has 4 rings (SSSR count). The van der Waals surface area contributed by atoms with Crippen molar-refractivity contribution in [3.05, 3.63) is 54.6 Å². The summed E-state index contributed by atoms with van der Waals surface area (Å²) < 4.78 is 29.5. The van der Waals surface area contributed by atoms with Gasteiger partial charge in [-0.2, -0.15) is 8.42 Å². The molecule has 1 saturated heterocycles. The van der Waals surface area contributed by atoms with Gasteiger partial charge in [0, 0.05) is 32.7 Å². The molecule has 0 saturated carbocycles. The van der Waals surface area contributed by atoms with Crippen LogP contribution in [0.1, 0.15) is 6.42 Å². The Labute approximate surface area is 155 Å². The molecule has 0 aliphatic carbocycles. The molecular formula is C19H24N4O2S. The predicted molar refractivity (Wildman–Crippen MR) is 105 cm³/mol. The molecule has 2 aliphatic heterocycles. The molecule has 2 aromatic carbocycles. The molecule has 1 fully saturated rings. The Kier molecular flexibility index (Phi) is 4.84. The first kappa shape index (κ1) is 17.3. The summed E-state index contributed by atoms with van der Waals surface area (Å²) in [6, 6.07) is 16.8. The third-order valence-corrected chi connectivity index (χ3v) is 6.72. The minimum absolute atomic E-state index is 0.493. The van der Waals surface area contributed by atoms with E-state index in [0.717, 1.165) is 50.5 Å². The molecule has 138 valence electrons. The summed E-state index contributed by atoms with van der Waals surface area (Å²) in [5.74, 6) is 0. The minimum atomic E-state index is -3.61. The van der Waals surface area contributed by atoms with Gasteiger partial charge in [0.05, 0.1) is 17.1 Å². The Hall–Kier alpha value is -2.09. The van der Waals surface area contributed by atoms with Crippen LogP contribution < -0.4 is 13.9 Å². The molecule has 0 unspecified atom stereocenters. The predicted octanol–water partition coefficient (Wildman–Crippen LogP) is 2.18. The fourth-order valence-corrected chi connectivity index (χ4v) is 5.39. The van der Waals surface area contributed by atoms with Crippen molar-refractivity contribution in [2.75, 3.05) is 47.9 Å². The number of fused-ring (bicyclic) bond motifs is 1. The lowest BCUT2D eigenvalue weighted by atomic mass is 10.2. The van der Waals surface area contributed by atoms with Crippen LogP contribution in [0.15, 0.2) is 54.6 Å². The first-order valence-corrected chi connectivity index (χ1v) is 10.5. The highest BCUT2D eigenvalue weighted by molar-refractivity contribution is 7.95. The highest BCUT2D eigenvalue weighted by Crippen LogP contribution is 2.44. The zero-order valence-corrected chi connectivity index (χ0v) is 15.5. The average molecular weight is 372 g/mol. The molecule has 0 atom stereocenters. The molecule has 0 radical (unpaired) electrons. The number of piperazine rings is 1. The second-order valence-electron chi connectivity index (χ2n) is 6.61. The fourth-order valence-electron chi connectivity index (χ4n) is 3.64. The largest absolute Gasteiger partial charge is 0.330 e. The summed E-state index contributed by atoms with van der Waals surface area (Å²) in [7, 11) is -3.61. The summed E-state index contributed by atoms with van der Waals surface area (Å²) in [5.41, 5.74) is 2.15. The molecule has 1 N–H and O–H groups in total. The highest BCUT2D eigenvalue weighted by atomic mass is 32.2. The van der Waals surface area contributed by atoms with E-state index in [2.05, 4.69) is 10.2 Å². The average Bonchev–Trinajstić information content (AvgIpc) is 2.90. The summed E-state index contributed by atoms with van der Waals surface area (Å²) in [5, 5.41) is 3.34. The summed E-state index contributed by atoms with van der Waals surface area (Å²) in [4.78, 5) is 2.39. The zero-order valence-electron chi connectivity index (χ0n) is 14.7. The van der Waals surface area contributed by atoms with Gasteiger partial charge in [-0.3, -0.25) is 4.31 Å².